The Morgan fingerprint density at radius 2 is 1.82 bits per heavy atom. The molecule has 0 aliphatic carbocycles. The highest BCUT2D eigenvalue weighted by atomic mass is 16.5. The van der Waals surface area contributed by atoms with Crippen LogP contribution in [0, 0.1) is 5.92 Å². The van der Waals surface area contributed by atoms with E-state index in [0.717, 1.165) is 31.1 Å². The van der Waals surface area contributed by atoms with Crippen molar-refractivity contribution in [1.82, 2.24) is 0 Å². The van der Waals surface area contributed by atoms with Crippen molar-refractivity contribution in [3.63, 3.8) is 0 Å². The Morgan fingerprint density at radius 1 is 1.05 bits per heavy atom. The third-order valence-corrected chi connectivity index (χ3v) is 3.39. The number of para-hydroxylation sites is 1. The number of hydrogen-bond donors (Lipinski definition) is 1. The second-order valence-corrected chi connectivity index (χ2v) is 5.92. The fraction of sp³-hybridized carbons (Fsp3) is 0.368. The Hall–Kier alpha value is -2.16. The summed E-state index contributed by atoms with van der Waals surface area (Å²) in [6, 6.07) is 18.6. The number of hydrogen-bond acceptors (Lipinski definition) is 3. The third kappa shape index (κ3) is 5.32. The minimum Gasteiger partial charge on any atom is -0.493 e. The van der Waals surface area contributed by atoms with E-state index in [1.807, 2.05) is 18.2 Å². The second-order valence-electron chi connectivity index (χ2n) is 5.92. The van der Waals surface area contributed by atoms with Crippen LogP contribution in [0.25, 0.3) is 0 Å². The van der Waals surface area contributed by atoms with E-state index in [9.17, 15) is 0 Å². The second kappa shape index (κ2) is 8.32. The monoisotopic (exact) mass is 298 g/mol. The van der Waals surface area contributed by atoms with Gasteiger partial charge in [0.15, 0.2) is 0 Å². The fourth-order valence-electron chi connectivity index (χ4n) is 2.14. The summed E-state index contributed by atoms with van der Waals surface area (Å²) in [6.07, 6.45) is 0. The van der Waals surface area contributed by atoms with Crippen molar-refractivity contribution in [3.05, 3.63) is 54.6 Å². The lowest BCUT2D eigenvalue weighted by molar-refractivity contribution is 0.271. The van der Waals surface area contributed by atoms with Gasteiger partial charge in [-0.3, -0.25) is 0 Å². The van der Waals surface area contributed by atoms with Gasteiger partial charge in [0.25, 0.3) is 0 Å². The highest BCUT2D eigenvalue weighted by molar-refractivity contribution is 5.49. The summed E-state index contributed by atoms with van der Waals surface area (Å²) in [4.78, 5) is 2.24. The van der Waals surface area contributed by atoms with E-state index in [1.54, 1.807) is 0 Å². The van der Waals surface area contributed by atoms with Crippen LogP contribution in [0.2, 0.25) is 0 Å². The summed E-state index contributed by atoms with van der Waals surface area (Å²) in [5.74, 6) is 1.46. The van der Waals surface area contributed by atoms with Gasteiger partial charge in [-0.25, -0.2) is 0 Å². The first-order chi connectivity index (χ1) is 10.6. The van der Waals surface area contributed by atoms with Crippen molar-refractivity contribution >= 4 is 11.4 Å². The maximum absolute atomic E-state index is 5.75. The standard InChI is InChI=1S/C19H26N2O/c1-16(2)15-22-19-11-7-8-17(14-19)20-12-13-21(3)18-9-5-4-6-10-18/h4-11,14,16,20H,12-13,15H2,1-3H3. The van der Waals surface area contributed by atoms with Gasteiger partial charge < -0.3 is 15.0 Å². The van der Waals surface area contributed by atoms with Gasteiger partial charge >= 0.3 is 0 Å². The zero-order valence-electron chi connectivity index (χ0n) is 13.8. The SMILES string of the molecule is CC(C)COc1cccc(NCCN(C)c2ccccc2)c1. The minimum atomic E-state index is 0.538. The van der Waals surface area contributed by atoms with Gasteiger partial charge in [0, 0.05) is 37.6 Å². The third-order valence-electron chi connectivity index (χ3n) is 3.39. The van der Waals surface area contributed by atoms with Crippen LogP contribution in [-0.4, -0.2) is 26.7 Å². The van der Waals surface area contributed by atoms with Crippen molar-refractivity contribution in [3.8, 4) is 5.75 Å². The number of ether oxygens (including phenoxy) is 1. The van der Waals surface area contributed by atoms with E-state index >= 15 is 0 Å². The summed E-state index contributed by atoms with van der Waals surface area (Å²) >= 11 is 0. The molecule has 2 rings (SSSR count). The molecule has 2 aromatic rings. The molecule has 0 aliphatic rings. The molecule has 0 bridgehead atoms. The van der Waals surface area contributed by atoms with Gasteiger partial charge in [0.2, 0.25) is 0 Å². The first kappa shape index (κ1) is 16.2. The molecule has 118 valence electrons. The van der Waals surface area contributed by atoms with Crippen molar-refractivity contribution in [1.29, 1.82) is 0 Å². The van der Waals surface area contributed by atoms with Crippen LogP contribution in [0.5, 0.6) is 5.75 Å². The molecular weight excluding hydrogens is 272 g/mol. The van der Waals surface area contributed by atoms with Crippen LogP contribution in [0.3, 0.4) is 0 Å². The molecule has 0 fully saturated rings. The zero-order valence-corrected chi connectivity index (χ0v) is 13.8. The maximum atomic E-state index is 5.75. The summed E-state index contributed by atoms with van der Waals surface area (Å²) in [5, 5.41) is 3.45. The predicted octanol–water partition coefficient (Wildman–Crippen LogP) is 4.27. The lowest BCUT2D eigenvalue weighted by atomic mass is 10.2. The Bertz CT molecular complexity index is 554. The lowest BCUT2D eigenvalue weighted by Crippen LogP contribution is -2.24. The van der Waals surface area contributed by atoms with E-state index < -0.39 is 0 Å². The molecule has 0 spiro atoms. The molecule has 0 aliphatic heterocycles. The van der Waals surface area contributed by atoms with Crippen LogP contribution >= 0.6 is 0 Å². The molecule has 2 aromatic carbocycles. The normalized spacial score (nSPS) is 10.5. The summed E-state index contributed by atoms with van der Waals surface area (Å²) < 4.78 is 5.75. The van der Waals surface area contributed by atoms with Gasteiger partial charge in [-0.2, -0.15) is 0 Å². The average Bonchev–Trinajstić information content (AvgIpc) is 2.54. The Balaban J connectivity index is 1.80. The molecule has 22 heavy (non-hydrogen) atoms. The van der Waals surface area contributed by atoms with Crippen molar-refractivity contribution in [2.45, 2.75) is 13.8 Å². The number of likely N-dealkylation sites (N-methyl/N-ethyl adjacent to an activating group) is 1. The highest BCUT2D eigenvalue weighted by Gasteiger charge is 2.01. The average molecular weight is 298 g/mol. The van der Waals surface area contributed by atoms with Crippen LogP contribution < -0.4 is 15.0 Å². The van der Waals surface area contributed by atoms with E-state index in [0.29, 0.717) is 5.92 Å². The number of nitrogens with one attached hydrogen (secondary N) is 1. The first-order valence-corrected chi connectivity index (χ1v) is 7.88. The fourth-order valence-corrected chi connectivity index (χ4v) is 2.14. The molecule has 0 amide bonds. The number of nitrogens with zero attached hydrogens (tertiary/aromatic N) is 1. The smallest absolute Gasteiger partial charge is 0.121 e. The molecule has 1 N–H and O–H groups in total. The molecule has 3 nitrogen and oxygen atoms in total. The Kier molecular flexibility index (Phi) is 6.13. The van der Waals surface area contributed by atoms with Crippen molar-refractivity contribution in [2.24, 2.45) is 5.92 Å². The number of anilines is 2. The predicted molar refractivity (Wildman–Crippen MR) is 95.0 cm³/mol. The van der Waals surface area contributed by atoms with Crippen LogP contribution in [0.15, 0.2) is 54.6 Å². The van der Waals surface area contributed by atoms with Crippen LogP contribution in [0.4, 0.5) is 11.4 Å². The van der Waals surface area contributed by atoms with E-state index in [4.69, 9.17) is 4.74 Å². The molecule has 0 heterocycles. The van der Waals surface area contributed by atoms with Gasteiger partial charge in [-0.15, -0.1) is 0 Å². The van der Waals surface area contributed by atoms with E-state index in [-0.39, 0.29) is 0 Å². The molecule has 3 heteroatoms. The van der Waals surface area contributed by atoms with Crippen LogP contribution in [-0.2, 0) is 0 Å². The number of benzene rings is 2. The van der Waals surface area contributed by atoms with E-state index in [2.05, 4.69) is 67.5 Å². The number of rotatable bonds is 8. The summed E-state index contributed by atoms with van der Waals surface area (Å²) in [6.45, 7) is 6.89. The van der Waals surface area contributed by atoms with Gasteiger partial charge in [-0.1, -0.05) is 38.1 Å². The zero-order chi connectivity index (χ0) is 15.8. The summed E-state index contributed by atoms with van der Waals surface area (Å²) in [7, 11) is 2.11. The summed E-state index contributed by atoms with van der Waals surface area (Å²) in [5.41, 5.74) is 2.33. The topological polar surface area (TPSA) is 24.5 Å². The van der Waals surface area contributed by atoms with Crippen molar-refractivity contribution in [2.75, 3.05) is 37.0 Å². The lowest BCUT2D eigenvalue weighted by Gasteiger charge is -2.20. The molecule has 0 unspecified atom stereocenters. The van der Waals surface area contributed by atoms with Crippen molar-refractivity contribution < 1.29 is 4.74 Å². The quantitative estimate of drug-likeness (QED) is 0.787. The first-order valence-electron chi connectivity index (χ1n) is 7.88. The van der Waals surface area contributed by atoms with Gasteiger partial charge in [0.05, 0.1) is 6.61 Å². The largest absolute Gasteiger partial charge is 0.493 e. The van der Waals surface area contributed by atoms with Gasteiger partial charge in [-0.05, 0) is 30.2 Å². The van der Waals surface area contributed by atoms with Gasteiger partial charge in [0.1, 0.15) is 5.75 Å². The molecule has 0 radical (unpaired) electrons. The molecular formula is C19H26N2O. The molecule has 0 saturated heterocycles. The minimum absolute atomic E-state index is 0.538. The Labute approximate surface area is 133 Å². The molecule has 0 saturated carbocycles. The maximum Gasteiger partial charge on any atom is 0.121 e. The highest BCUT2D eigenvalue weighted by Crippen LogP contribution is 2.18. The Morgan fingerprint density at radius 3 is 2.55 bits per heavy atom. The van der Waals surface area contributed by atoms with Crippen LogP contribution in [0.1, 0.15) is 13.8 Å². The molecule has 0 atom stereocenters. The van der Waals surface area contributed by atoms with E-state index in [1.165, 1.54) is 5.69 Å². The molecule has 0 aromatic heterocycles.